The number of unbranched alkanes of at least 4 members (excludes halogenated alkanes) is 1. The molecule has 4 nitrogen and oxygen atoms in total. The maximum absolute atomic E-state index is 13.7. The molecule has 5 heteroatoms. The van der Waals surface area contributed by atoms with Crippen LogP contribution >= 0.6 is 0 Å². The van der Waals surface area contributed by atoms with Gasteiger partial charge < -0.3 is 14.5 Å². The van der Waals surface area contributed by atoms with Crippen LogP contribution in [0.15, 0.2) is 24.3 Å². The van der Waals surface area contributed by atoms with Crippen LogP contribution in [0.25, 0.3) is 0 Å². The minimum atomic E-state index is -0.228. The van der Waals surface area contributed by atoms with Gasteiger partial charge >= 0.3 is 0 Å². The van der Waals surface area contributed by atoms with Gasteiger partial charge in [-0.2, -0.15) is 0 Å². The lowest BCUT2D eigenvalue weighted by Gasteiger charge is -2.29. The number of nitrogens with zero attached hydrogens (tertiary/aromatic N) is 2. The second kappa shape index (κ2) is 7.62. The Kier molecular flexibility index (Phi) is 5.51. The van der Waals surface area contributed by atoms with Gasteiger partial charge in [0.05, 0.1) is 6.04 Å². The maximum Gasteiger partial charge on any atom is 0.219 e. The Morgan fingerprint density at radius 1 is 1.29 bits per heavy atom. The minimum Gasteiger partial charge on any atom is -0.385 e. The van der Waals surface area contributed by atoms with Gasteiger partial charge in [-0.15, -0.1) is 0 Å². The van der Waals surface area contributed by atoms with Crippen LogP contribution in [-0.4, -0.2) is 55.6 Å². The third-order valence-electron chi connectivity index (χ3n) is 5.41. The minimum absolute atomic E-state index is 0.00664. The fourth-order valence-electron chi connectivity index (χ4n) is 4.34. The predicted molar refractivity (Wildman–Crippen MR) is 91.1 cm³/mol. The second-order valence-electron chi connectivity index (χ2n) is 7.05. The highest BCUT2D eigenvalue weighted by Gasteiger charge is 2.48. The van der Waals surface area contributed by atoms with E-state index in [1.54, 1.807) is 26.2 Å². The zero-order valence-electron chi connectivity index (χ0n) is 14.6. The lowest BCUT2D eigenvalue weighted by atomic mass is 9.89. The molecule has 0 bridgehead atoms. The molecular weight excluding hydrogens is 307 g/mol. The number of amides is 1. The molecule has 1 aromatic rings. The van der Waals surface area contributed by atoms with E-state index >= 15 is 0 Å². The van der Waals surface area contributed by atoms with Crippen LogP contribution in [0.3, 0.4) is 0 Å². The van der Waals surface area contributed by atoms with Crippen LogP contribution in [0.5, 0.6) is 0 Å². The first kappa shape index (κ1) is 17.4. The van der Waals surface area contributed by atoms with E-state index in [1.807, 2.05) is 11.0 Å². The summed E-state index contributed by atoms with van der Waals surface area (Å²) in [7, 11) is 1.74. The van der Waals surface area contributed by atoms with Crippen molar-refractivity contribution in [1.29, 1.82) is 0 Å². The van der Waals surface area contributed by atoms with Crippen molar-refractivity contribution in [3.63, 3.8) is 0 Å². The summed E-state index contributed by atoms with van der Waals surface area (Å²) in [5.74, 6) is 0.752. The van der Waals surface area contributed by atoms with E-state index in [9.17, 15) is 9.18 Å². The largest absolute Gasteiger partial charge is 0.385 e. The molecule has 1 amide bonds. The normalized spacial score (nSPS) is 26.8. The maximum atomic E-state index is 13.7. The molecule has 2 fully saturated rings. The third-order valence-corrected chi connectivity index (χ3v) is 5.41. The van der Waals surface area contributed by atoms with Gasteiger partial charge in [-0.25, -0.2) is 4.39 Å². The topological polar surface area (TPSA) is 32.8 Å². The van der Waals surface area contributed by atoms with Gasteiger partial charge in [0.15, 0.2) is 0 Å². The van der Waals surface area contributed by atoms with Crippen molar-refractivity contribution in [2.24, 2.45) is 11.8 Å². The zero-order chi connectivity index (χ0) is 17.1. The SMILES string of the molecule is COCCCCN1C[C@@H]2CN(C(C)=O)[C@H](c3cccc(F)c3)[C@@H]2C1. The van der Waals surface area contributed by atoms with E-state index in [-0.39, 0.29) is 17.8 Å². The smallest absolute Gasteiger partial charge is 0.219 e. The molecular formula is C19H27FN2O2. The summed E-state index contributed by atoms with van der Waals surface area (Å²) < 4.78 is 18.8. The average Bonchev–Trinajstić information content (AvgIpc) is 3.08. The predicted octanol–water partition coefficient (Wildman–Crippen LogP) is 2.70. The van der Waals surface area contributed by atoms with E-state index in [0.29, 0.717) is 11.8 Å². The number of rotatable bonds is 6. The second-order valence-corrected chi connectivity index (χ2v) is 7.05. The molecule has 2 aliphatic rings. The van der Waals surface area contributed by atoms with E-state index in [4.69, 9.17) is 4.74 Å². The van der Waals surface area contributed by atoms with Crippen molar-refractivity contribution < 1.29 is 13.9 Å². The van der Waals surface area contributed by atoms with E-state index < -0.39 is 0 Å². The molecule has 2 heterocycles. The van der Waals surface area contributed by atoms with Gasteiger partial charge in [-0.05, 0) is 43.0 Å². The summed E-state index contributed by atoms with van der Waals surface area (Å²) in [6.45, 7) is 6.32. The van der Waals surface area contributed by atoms with Gasteiger partial charge in [0.1, 0.15) is 5.82 Å². The number of fused-ring (bicyclic) bond motifs is 1. The highest BCUT2D eigenvalue weighted by molar-refractivity contribution is 5.74. The summed E-state index contributed by atoms with van der Waals surface area (Å²) in [6, 6.07) is 6.75. The summed E-state index contributed by atoms with van der Waals surface area (Å²) in [5.41, 5.74) is 0.930. The van der Waals surface area contributed by atoms with Crippen LogP contribution < -0.4 is 0 Å². The molecule has 2 aliphatic heterocycles. The fraction of sp³-hybridized carbons (Fsp3) is 0.632. The Bertz CT molecular complexity index is 580. The summed E-state index contributed by atoms with van der Waals surface area (Å²) in [5, 5.41) is 0. The van der Waals surface area contributed by atoms with Crippen LogP contribution in [0, 0.1) is 17.7 Å². The lowest BCUT2D eigenvalue weighted by Crippen LogP contribution is -2.34. The lowest BCUT2D eigenvalue weighted by molar-refractivity contribution is -0.130. The Morgan fingerprint density at radius 2 is 2.12 bits per heavy atom. The Hall–Kier alpha value is -1.46. The Morgan fingerprint density at radius 3 is 2.83 bits per heavy atom. The van der Waals surface area contributed by atoms with Crippen molar-refractivity contribution in [2.45, 2.75) is 25.8 Å². The summed E-state index contributed by atoms with van der Waals surface area (Å²) in [6.07, 6.45) is 2.21. The number of ether oxygens (including phenoxy) is 1. The van der Waals surface area contributed by atoms with E-state index in [2.05, 4.69) is 4.90 Å². The van der Waals surface area contributed by atoms with Gasteiger partial charge in [0.2, 0.25) is 5.91 Å². The molecule has 0 unspecified atom stereocenters. The average molecular weight is 334 g/mol. The van der Waals surface area contributed by atoms with Gasteiger partial charge in [0.25, 0.3) is 0 Å². The van der Waals surface area contributed by atoms with Gasteiger partial charge in [-0.1, -0.05) is 12.1 Å². The van der Waals surface area contributed by atoms with Crippen LogP contribution in [0.1, 0.15) is 31.4 Å². The third kappa shape index (κ3) is 3.62. The molecule has 0 saturated carbocycles. The molecule has 0 spiro atoms. The highest BCUT2D eigenvalue weighted by atomic mass is 19.1. The number of hydrogen-bond acceptors (Lipinski definition) is 3. The van der Waals surface area contributed by atoms with E-state index in [1.165, 1.54) is 6.07 Å². The number of carbonyl (C=O) groups excluding carboxylic acids is 1. The monoisotopic (exact) mass is 334 g/mol. The molecule has 0 N–H and O–H groups in total. The first-order valence-corrected chi connectivity index (χ1v) is 8.84. The Labute approximate surface area is 143 Å². The first-order valence-electron chi connectivity index (χ1n) is 8.84. The van der Waals surface area contributed by atoms with Crippen LogP contribution in [0.2, 0.25) is 0 Å². The van der Waals surface area contributed by atoms with Crippen molar-refractivity contribution in [2.75, 3.05) is 39.9 Å². The van der Waals surface area contributed by atoms with Gasteiger partial charge in [-0.3, -0.25) is 4.79 Å². The van der Waals surface area contributed by atoms with Crippen molar-refractivity contribution in [3.05, 3.63) is 35.6 Å². The molecule has 1 aromatic carbocycles. The standard InChI is InChI=1S/C19H27FN2O2/c1-14(23)22-12-16-11-21(8-3-4-9-24-2)13-18(16)19(22)15-6-5-7-17(20)10-15/h5-7,10,16,18-19H,3-4,8-9,11-13H2,1-2H3/t16-,18-,19-/m1/s1. The number of benzene rings is 1. The fourth-order valence-corrected chi connectivity index (χ4v) is 4.34. The van der Waals surface area contributed by atoms with Crippen molar-refractivity contribution >= 4 is 5.91 Å². The van der Waals surface area contributed by atoms with Crippen molar-refractivity contribution in [1.82, 2.24) is 9.80 Å². The quantitative estimate of drug-likeness (QED) is 0.750. The van der Waals surface area contributed by atoms with Gasteiger partial charge in [0, 0.05) is 46.2 Å². The molecule has 0 radical (unpaired) electrons. The van der Waals surface area contributed by atoms with Crippen LogP contribution in [0.4, 0.5) is 4.39 Å². The molecule has 3 atom stereocenters. The van der Waals surface area contributed by atoms with Crippen LogP contribution in [-0.2, 0) is 9.53 Å². The molecule has 3 rings (SSSR count). The number of carbonyl (C=O) groups is 1. The van der Waals surface area contributed by atoms with E-state index in [0.717, 1.165) is 51.2 Å². The molecule has 132 valence electrons. The summed E-state index contributed by atoms with van der Waals surface area (Å²) in [4.78, 5) is 16.5. The molecule has 2 saturated heterocycles. The highest BCUT2D eigenvalue weighted by Crippen LogP contribution is 2.45. The number of likely N-dealkylation sites (tertiary alicyclic amines) is 2. The number of methoxy groups -OCH3 is 1. The number of halogens is 1. The van der Waals surface area contributed by atoms with Crippen molar-refractivity contribution in [3.8, 4) is 0 Å². The zero-order valence-corrected chi connectivity index (χ0v) is 14.6. The molecule has 24 heavy (non-hydrogen) atoms. The molecule has 0 aliphatic carbocycles. The number of hydrogen-bond donors (Lipinski definition) is 0. The molecule has 0 aromatic heterocycles. The Balaban J connectivity index is 1.70. The first-order chi connectivity index (χ1) is 11.6. The summed E-state index contributed by atoms with van der Waals surface area (Å²) >= 11 is 0.